The summed E-state index contributed by atoms with van der Waals surface area (Å²) in [5.41, 5.74) is 11.7. The minimum Gasteiger partial charge on any atom is -0.491 e. The highest BCUT2D eigenvalue weighted by atomic mass is 35.5. The number of aliphatic imine (C=N–C) groups is 1. The number of carbonyl (C=O) groups excluding carboxylic acids is 1. The Bertz CT molecular complexity index is 610. The summed E-state index contributed by atoms with van der Waals surface area (Å²) in [4.78, 5) is 16.4. The van der Waals surface area contributed by atoms with Crippen molar-refractivity contribution >= 4 is 41.3 Å². The van der Waals surface area contributed by atoms with Gasteiger partial charge in [0.05, 0.1) is 11.5 Å². The maximum Gasteiger partial charge on any atom is 0.276 e. The number of guanidine groups is 1. The number of benzene rings is 1. The van der Waals surface area contributed by atoms with Crippen LogP contribution in [0.5, 0.6) is 5.75 Å². The molecule has 0 atom stereocenters. The summed E-state index contributed by atoms with van der Waals surface area (Å²) in [6.45, 7) is 0.389. The van der Waals surface area contributed by atoms with Gasteiger partial charge in [0.25, 0.3) is 5.91 Å². The molecule has 0 radical (unpaired) electrons. The molecule has 20 heavy (non-hydrogen) atoms. The minimum atomic E-state index is -0.452. The molecule has 0 aromatic heterocycles. The molecule has 4 N–H and O–H groups in total. The average Bonchev–Trinajstić information content (AvgIpc) is 2.59. The SMILES string of the molecule is CSc1cc(Cl)cc2c1OCCC(C(=O)N=C(N)N)=C2. The van der Waals surface area contributed by atoms with Gasteiger partial charge < -0.3 is 16.2 Å². The maximum absolute atomic E-state index is 11.9. The van der Waals surface area contributed by atoms with E-state index in [4.69, 9.17) is 27.8 Å². The van der Waals surface area contributed by atoms with Gasteiger partial charge in [-0.2, -0.15) is 4.99 Å². The Kier molecular flexibility index (Phi) is 4.57. The Morgan fingerprint density at radius 1 is 1.45 bits per heavy atom. The van der Waals surface area contributed by atoms with Crippen molar-refractivity contribution in [2.45, 2.75) is 11.3 Å². The van der Waals surface area contributed by atoms with Crippen LogP contribution in [0.3, 0.4) is 0 Å². The Hall–Kier alpha value is -1.66. The highest BCUT2D eigenvalue weighted by Crippen LogP contribution is 2.37. The number of halogens is 1. The van der Waals surface area contributed by atoms with Crippen LogP contribution >= 0.6 is 23.4 Å². The number of rotatable bonds is 2. The smallest absolute Gasteiger partial charge is 0.276 e. The molecule has 7 heteroatoms. The molecular formula is C13H14ClN3O2S. The predicted octanol–water partition coefficient (Wildman–Crippen LogP) is 2.03. The van der Waals surface area contributed by atoms with Crippen LogP contribution in [0.4, 0.5) is 0 Å². The number of ether oxygens (including phenoxy) is 1. The third kappa shape index (κ3) is 3.26. The van der Waals surface area contributed by atoms with Gasteiger partial charge in [-0.1, -0.05) is 11.6 Å². The fourth-order valence-electron chi connectivity index (χ4n) is 1.88. The third-order valence-electron chi connectivity index (χ3n) is 2.72. The molecule has 0 fully saturated rings. The molecule has 0 bridgehead atoms. The van der Waals surface area contributed by atoms with E-state index in [2.05, 4.69) is 4.99 Å². The van der Waals surface area contributed by atoms with Crippen LogP contribution in [0.1, 0.15) is 12.0 Å². The lowest BCUT2D eigenvalue weighted by Gasteiger charge is -2.11. The zero-order chi connectivity index (χ0) is 14.7. The lowest BCUT2D eigenvalue weighted by atomic mass is 10.1. The number of nitrogens with zero attached hydrogens (tertiary/aromatic N) is 1. The zero-order valence-corrected chi connectivity index (χ0v) is 12.4. The van der Waals surface area contributed by atoms with E-state index in [1.54, 1.807) is 12.1 Å². The van der Waals surface area contributed by atoms with E-state index in [1.807, 2.05) is 12.3 Å². The van der Waals surface area contributed by atoms with E-state index in [9.17, 15) is 4.79 Å². The minimum absolute atomic E-state index is 0.253. The molecule has 0 spiro atoms. The third-order valence-corrected chi connectivity index (χ3v) is 3.68. The van der Waals surface area contributed by atoms with E-state index in [0.717, 1.165) is 16.2 Å². The summed E-state index contributed by atoms with van der Waals surface area (Å²) in [6.07, 6.45) is 4.10. The summed E-state index contributed by atoms with van der Waals surface area (Å²) in [7, 11) is 0. The van der Waals surface area contributed by atoms with E-state index in [-0.39, 0.29) is 5.96 Å². The summed E-state index contributed by atoms with van der Waals surface area (Å²) in [5, 5.41) is 0.587. The molecule has 1 aliphatic rings. The van der Waals surface area contributed by atoms with Crippen molar-refractivity contribution in [2.24, 2.45) is 16.5 Å². The van der Waals surface area contributed by atoms with E-state index in [1.165, 1.54) is 11.8 Å². The highest BCUT2D eigenvalue weighted by molar-refractivity contribution is 7.98. The number of hydrogen-bond donors (Lipinski definition) is 2. The van der Waals surface area contributed by atoms with Gasteiger partial charge in [0.1, 0.15) is 5.75 Å². The van der Waals surface area contributed by atoms with Crippen LogP contribution in [0.2, 0.25) is 5.02 Å². The Labute approximate surface area is 126 Å². The molecule has 1 heterocycles. The summed E-state index contributed by atoms with van der Waals surface area (Å²) >= 11 is 7.61. The van der Waals surface area contributed by atoms with E-state index in [0.29, 0.717) is 23.6 Å². The van der Waals surface area contributed by atoms with Gasteiger partial charge >= 0.3 is 0 Å². The van der Waals surface area contributed by atoms with Crippen LogP contribution in [-0.4, -0.2) is 24.7 Å². The van der Waals surface area contributed by atoms with Crippen molar-refractivity contribution in [3.63, 3.8) is 0 Å². The Balaban J connectivity index is 2.48. The molecule has 0 saturated heterocycles. The van der Waals surface area contributed by atoms with Gasteiger partial charge in [0.15, 0.2) is 5.96 Å². The fraction of sp³-hybridized carbons (Fsp3) is 0.231. The number of carbonyl (C=O) groups is 1. The van der Waals surface area contributed by atoms with Crippen molar-refractivity contribution in [1.29, 1.82) is 0 Å². The van der Waals surface area contributed by atoms with E-state index < -0.39 is 5.91 Å². The second kappa shape index (κ2) is 6.19. The molecule has 1 aliphatic heterocycles. The van der Waals surface area contributed by atoms with Crippen molar-refractivity contribution in [3.8, 4) is 5.75 Å². The second-order valence-electron chi connectivity index (χ2n) is 4.14. The van der Waals surface area contributed by atoms with Gasteiger partial charge in [-0.25, -0.2) is 0 Å². The topological polar surface area (TPSA) is 90.7 Å². The molecule has 1 aromatic rings. The molecule has 106 valence electrons. The van der Waals surface area contributed by atoms with Gasteiger partial charge in [-0.05, 0) is 24.5 Å². The molecule has 2 rings (SSSR count). The first-order valence-electron chi connectivity index (χ1n) is 5.86. The molecule has 1 amide bonds. The number of amides is 1. The molecule has 5 nitrogen and oxygen atoms in total. The normalized spacial score (nSPS) is 13.6. The first-order chi connectivity index (χ1) is 9.51. The summed E-state index contributed by atoms with van der Waals surface area (Å²) < 4.78 is 5.72. The van der Waals surface area contributed by atoms with Crippen molar-refractivity contribution < 1.29 is 9.53 Å². The lowest BCUT2D eigenvalue weighted by molar-refractivity contribution is -0.114. The first kappa shape index (κ1) is 14.7. The second-order valence-corrected chi connectivity index (χ2v) is 5.42. The van der Waals surface area contributed by atoms with Gasteiger partial charge in [0, 0.05) is 22.6 Å². The van der Waals surface area contributed by atoms with Crippen LogP contribution in [0, 0.1) is 0 Å². The number of hydrogen-bond acceptors (Lipinski definition) is 3. The number of nitrogens with two attached hydrogens (primary N) is 2. The molecule has 0 unspecified atom stereocenters. The maximum atomic E-state index is 11.9. The fourth-order valence-corrected chi connectivity index (χ4v) is 2.78. The standard InChI is InChI=1S/C13H14ClN3O2S/c1-20-10-6-9(14)5-8-4-7(2-3-19-11(8)10)12(18)17-13(15)16/h4-6H,2-3H2,1H3,(H4,15,16,17,18). The highest BCUT2D eigenvalue weighted by Gasteiger charge is 2.18. The number of thioether (sulfide) groups is 1. The van der Waals surface area contributed by atoms with Crippen molar-refractivity contribution in [2.75, 3.05) is 12.9 Å². The lowest BCUT2D eigenvalue weighted by Crippen LogP contribution is -2.24. The Morgan fingerprint density at radius 3 is 2.85 bits per heavy atom. The van der Waals surface area contributed by atoms with Gasteiger partial charge in [-0.3, -0.25) is 4.79 Å². The molecule has 0 saturated carbocycles. The molecule has 1 aromatic carbocycles. The van der Waals surface area contributed by atoms with Crippen LogP contribution in [0.15, 0.2) is 27.6 Å². The predicted molar refractivity (Wildman–Crippen MR) is 82.1 cm³/mol. The zero-order valence-electron chi connectivity index (χ0n) is 10.9. The van der Waals surface area contributed by atoms with Crippen molar-refractivity contribution in [3.05, 3.63) is 28.3 Å². The quantitative estimate of drug-likeness (QED) is 0.495. The first-order valence-corrected chi connectivity index (χ1v) is 7.46. The summed E-state index contributed by atoms with van der Waals surface area (Å²) in [6, 6.07) is 3.59. The van der Waals surface area contributed by atoms with Gasteiger partial charge in [0.2, 0.25) is 0 Å². The van der Waals surface area contributed by atoms with Crippen molar-refractivity contribution in [1.82, 2.24) is 0 Å². The Morgan fingerprint density at radius 2 is 2.20 bits per heavy atom. The van der Waals surface area contributed by atoms with Crippen LogP contribution < -0.4 is 16.2 Å². The summed E-state index contributed by atoms with van der Waals surface area (Å²) in [5.74, 6) is 0.0266. The number of fused-ring (bicyclic) bond motifs is 1. The molecule has 0 aliphatic carbocycles. The monoisotopic (exact) mass is 311 g/mol. The van der Waals surface area contributed by atoms with Gasteiger partial charge in [-0.15, -0.1) is 11.8 Å². The average molecular weight is 312 g/mol. The van der Waals surface area contributed by atoms with Crippen LogP contribution in [-0.2, 0) is 4.79 Å². The van der Waals surface area contributed by atoms with E-state index >= 15 is 0 Å². The van der Waals surface area contributed by atoms with Crippen LogP contribution in [0.25, 0.3) is 6.08 Å². The largest absolute Gasteiger partial charge is 0.491 e. The molecular weight excluding hydrogens is 298 g/mol.